The Labute approximate surface area is 92.5 Å². The summed E-state index contributed by atoms with van der Waals surface area (Å²) in [5.74, 6) is 0.224. The van der Waals surface area contributed by atoms with Gasteiger partial charge in [0.2, 0.25) is 0 Å². The fourth-order valence-corrected chi connectivity index (χ4v) is 2.32. The predicted octanol–water partition coefficient (Wildman–Crippen LogP) is 3.30. The van der Waals surface area contributed by atoms with Gasteiger partial charge in [0.15, 0.2) is 0 Å². The Bertz CT molecular complexity index is 356. The summed E-state index contributed by atoms with van der Waals surface area (Å²) < 4.78 is 37.0. The molecule has 1 aliphatic carbocycles. The second kappa shape index (κ2) is 4.09. The highest BCUT2D eigenvalue weighted by molar-refractivity contribution is 5.28. The highest BCUT2D eigenvalue weighted by Crippen LogP contribution is 2.35. The summed E-state index contributed by atoms with van der Waals surface area (Å²) >= 11 is 0. The summed E-state index contributed by atoms with van der Waals surface area (Å²) in [5, 5.41) is 0. The van der Waals surface area contributed by atoms with E-state index in [0.29, 0.717) is 0 Å². The Morgan fingerprint density at radius 1 is 1.06 bits per heavy atom. The molecular weight excluding hydrogens is 215 g/mol. The van der Waals surface area contributed by atoms with Crippen LogP contribution >= 0.6 is 0 Å². The largest absolute Gasteiger partial charge is 0.416 e. The SMILES string of the molecule is N[C@H]1CCC[C@H]1c1ccc(C(F)(F)F)cc1. The molecule has 2 N–H and O–H groups in total. The van der Waals surface area contributed by atoms with Gasteiger partial charge in [-0.1, -0.05) is 18.6 Å². The van der Waals surface area contributed by atoms with Crippen LogP contribution in [0.25, 0.3) is 0 Å². The molecule has 0 aliphatic heterocycles. The van der Waals surface area contributed by atoms with E-state index in [1.807, 2.05) is 0 Å². The second-order valence-electron chi connectivity index (χ2n) is 4.32. The van der Waals surface area contributed by atoms with E-state index in [4.69, 9.17) is 5.73 Å². The summed E-state index contributed by atoms with van der Waals surface area (Å²) in [7, 11) is 0. The maximum Gasteiger partial charge on any atom is 0.416 e. The number of hydrogen-bond donors (Lipinski definition) is 1. The molecule has 0 amide bonds. The van der Waals surface area contributed by atoms with Gasteiger partial charge < -0.3 is 5.73 Å². The molecular formula is C12H14F3N. The molecule has 1 nitrogen and oxygen atoms in total. The smallest absolute Gasteiger partial charge is 0.327 e. The van der Waals surface area contributed by atoms with Crippen molar-refractivity contribution in [2.45, 2.75) is 37.4 Å². The van der Waals surface area contributed by atoms with Crippen LogP contribution in [-0.2, 0) is 6.18 Å². The Balaban J connectivity index is 2.19. The third kappa shape index (κ3) is 2.21. The number of alkyl halides is 3. The summed E-state index contributed by atoms with van der Waals surface area (Å²) in [6.45, 7) is 0. The van der Waals surface area contributed by atoms with Crippen molar-refractivity contribution in [3.8, 4) is 0 Å². The lowest BCUT2D eigenvalue weighted by molar-refractivity contribution is -0.137. The van der Waals surface area contributed by atoms with Gasteiger partial charge in [-0.2, -0.15) is 13.2 Å². The van der Waals surface area contributed by atoms with Gasteiger partial charge in [0.25, 0.3) is 0 Å². The highest BCUT2D eigenvalue weighted by Gasteiger charge is 2.31. The van der Waals surface area contributed by atoms with Crippen molar-refractivity contribution in [3.63, 3.8) is 0 Å². The van der Waals surface area contributed by atoms with Crippen molar-refractivity contribution in [2.24, 2.45) is 5.73 Å². The molecule has 0 saturated heterocycles. The highest BCUT2D eigenvalue weighted by atomic mass is 19.4. The molecule has 2 atom stereocenters. The Morgan fingerprint density at radius 2 is 1.69 bits per heavy atom. The minimum atomic E-state index is -4.25. The predicted molar refractivity (Wildman–Crippen MR) is 56.0 cm³/mol. The fraction of sp³-hybridized carbons (Fsp3) is 0.500. The van der Waals surface area contributed by atoms with Crippen molar-refractivity contribution in [1.82, 2.24) is 0 Å². The van der Waals surface area contributed by atoms with E-state index >= 15 is 0 Å². The zero-order valence-electron chi connectivity index (χ0n) is 8.80. The maximum absolute atomic E-state index is 12.3. The summed E-state index contributed by atoms with van der Waals surface area (Å²) in [6.07, 6.45) is -1.25. The monoisotopic (exact) mass is 229 g/mol. The van der Waals surface area contributed by atoms with Gasteiger partial charge in [-0.05, 0) is 36.5 Å². The van der Waals surface area contributed by atoms with Crippen LogP contribution in [0.5, 0.6) is 0 Å². The second-order valence-corrected chi connectivity index (χ2v) is 4.32. The molecule has 0 bridgehead atoms. The maximum atomic E-state index is 12.3. The third-order valence-corrected chi connectivity index (χ3v) is 3.24. The van der Waals surface area contributed by atoms with E-state index in [0.717, 1.165) is 37.0 Å². The van der Waals surface area contributed by atoms with Crippen molar-refractivity contribution in [2.75, 3.05) is 0 Å². The molecule has 0 spiro atoms. The molecule has 1 fully saturated rings. The van der Waals surface area contributed by atoms with Crippen LogP contribution in [0.2, 0.25) is 0 Å². The lowest BCUT2D eigenvalue weighted by Crippen LogP contribution is -2.22. The van der Waals surface area contributed by atoms with E-state index in [1.165, 1.54) is 0 Å². The summed E-state index contributed by atoms with van der Waals surface area (Å²) in [6, 6.07) is 5.48. The fourth-order valence-electron chi connectivity index (χ4n) is 2.32. The van der Waals surface area contributed by atoms with Crippen molar-refractivity contribution in [3.05, 3.63) is 35.4 Å². The molecule has 0 heterocycles. The molecule has 0 aromatic heterocycles. The average molecular weight is 229 g/mol. The minimum absolute atomic E-state index is 0.0942. The Kier molecular flexibility index (Phi) is 2.93. The van der Waals surface area contributed by atoms with Crippen LogP contribution in [-0.4, -0.2) is 6.04 Å². The zero-order valence-corrected chi connectivity index (χ0v) is 8.80. The van der Waals surface area contributed by atoms with Gasteiger partial charge in [-0.15, -0.1) is 0 Å². The van der Waals surface area contributed by atoms with E-state index in [9.17, 15) is 13.2 Å². The zero-order chi connectivity index (χ0) is 11.8. The number of nitrogens with two attached hydrogens (primary N) is 1. The third-order valence-electron chi connectivity index (χ3n) is 3.24. The van der Waals surface area contributed by atoms with Crippen LogP contribution in [0.4, 0.5) is 13.2 Å². The first-order valence-corrected chi connectivity index (χ1v) is 5.41. The van der Waals surface area contributed by atoms with Gasteiger partial charge in [0.1, 0.15) is 0 Å². The molecule has 1 aromatic carbocycles. The molecule has 4 heteroatoms. The standard InChI is InChI=1S/C12H14F3N/c13-12(14,15)9-6-4-8(5-7-9)10-2-1-3-11(10)16/h4-7,10-11H,1-3,16H2/t10-,11-/m0/s1. The summed E-state index contributed by atoms with van der Waals surface area (Å²) in [4.78, 5) is 0. The van der Waals surface area contributed by atoms with Gasteiger partial charge in [0, 0.05) is 6.04 Å². The van der Waals surface area contributed by atoms with Gasteiger partial charge in [-0.25, -0.2) is 0 Å². The van der Waals surface area contributed by atoms with Crippen LogP contribution in [0.3, 0.4) is 0 Å². The van der Waals surface area contributed by atoms with Gasteiger partial charge in [-0.3, -0.25) is 0 Å². The lowest BCUT2D eigenvalue weighted by atomic mass is 9.94. The first-order valence-electron chi connectivity index (χ1n) is 5.41. The topological polar surface area (TPSA) is 26.0 Å². The van der Waals surface area contributed by atoms with Crippen molar-refractivity contribution in [1.29, 1.82) is 0 Å². The van der Waals surface area contributed by atoms with Crippen LogP contribution in [0, 0.1) is 0 Å². The average Bonchev–Trinajstić information content (AvgIpc) is 2.63. The van der Waals surface area contributed by atoms with Gasteiger partial charge >= 0.3 is 6.18 Å². The number of halogens is 3. The quantitative estimate of drug-likeness (QED) is 0.785. The number of rotatable bonds is 1. The first kappa shape index (κ1) is 11.5. The molecule has 1 aliphatic rings. The molecule has 1 saturated carbocycles. The first-order chi connectivity index (χ1) is 7.48. The molecule has 2 rings (SSSR count). The number of hydrogen-bond acceptors (Lipinski definition) is 1. The van der Waals surface area contributed by atoms with E-state index in [1.54, 1.807) is 12.1 Å². The normalized spacial score (nSPS) is 26.0. The van der Waals surface area contributed by atoms with Crippen molar-refractivity contribution < 1.29 is 13.2 Å². The minimum Gasteiger partial charge on any atom is -0.327 e. The summed E-state index contributed by atoms with van der Waals surface area (Å²) in [5.41, 5.74) is 6.25. The van der Waals surface area contributed by atoms with Crippen LogP contribution < -0.4 is 5.73 Å². The van der Waals surface area contributed by atoms with E-state index < -0.39 is 11.7 Å². The van der Waals surface area contributed by atoms with Gasteiger partial charge in [0.05, 0.1) is 5.56 Å². The van der Waals surface area contributed by atoms with E-state index in [-0.39, 0.29) is 12.0 Å². The van der Waals surface area contributed by atoms with Crippen LogP contribution in [0.1, 0.15) is 36.3 Å². The molecule has 0 radical (unpaired) electrons. The lowest BCUT2D eigenvalue weighted by Gasteiger charge is -2.16. The Hall–Kier alpha value is -1.03. The van der Waals surface area contributed by atoms with Crippen molar-refractivity contribution >= 4 is 0 Å². The Morgan fingerprint density at radius 3 is 2.12 bits per heavy atom. The molecule has 88 valence electrons. The molecule has 16 heavy (non-hydrogen) atoms. The molecule has 0 unspecified atom stereocenters. The molecule has 1 aromatic rings. The van der Waals surface area contributed by atoms with E-state index in [2.05, 4.69) is 0 Å². The van der Waals surface area contributed by atoms with Crippen LogP contribution in [0.15, 0.2) is 24.3 Å². The number of benzene rings is 1.